The fraction of sp³-hybridized carbons (Fsp3) is 0.308. The number of benzene rings is 5. The van der Waals surface area contributed by atoms with Gasteiger partial charge in [-0.3, -0.25) is 0 Å². The minimum absolute atomic E-state index is 0.00360. The molecule has 0 N–H and O–H groups in total. The maximum absolute atomic E-state index is 6.99. The van der Waals surface area contributed by atoms with E-state index < -0.39 is 0 Å². The molecule has 0 saturated carbocycles. The van der Waals surface area contributed by atoms with Gasteiger partial charge in [0, 0.05) is 6.20 Å². The van der Waals surface area contributed by atoms with Gasteiger partial charge in [0.1, 0.15) is 0 Å². The number of rotatable bonds is 6. The zero-order chi connectivity index (χ0) is 41.1. The summed E-state index contributed by atoms with van der Waals surface area (Å²) in [5.41, 5.74) is 14.7. The Kier molecular flexibility index (Phi) is 10.3. The second-order valence-corrected chi connectivity index (χ2v) is 20.0. The Morgan fingerprint density at radius 2 is 1.24 bits per heavy atom. The number of ether oxygens (including phenoxy) is 1. The second-order valence-electron chi connectivity index (χ2n) is 19.0. The Balaban J connectivity index is 1.26. The van der Waals surface area contributed by atoms with E-state index in [1.165, 1.54) is 38.9 Å². The summed E-state index contributed by atoms with van der Waals surface area (Å²) >= 11 is 2.47. The maximum atomic E-state index is 6.99. The van der Waals surface area contributed by atoms with Crippen LogP contribution >= 0.6 is 0 Å². The molecule has 2 aromatic heterocycles. The number of aromatic nitrogens is 3. The molecule has 0 spiro atoms. The number of imidazole rings is 1. The molecular formula is C52H56N4OPt. The molecule has 5 aromatic carbocycles. The van der Waals surface area contributed by atoms with Crippen LogP contribution in [0, 0.1) is 10.7 Å². The van der Waals surface area contributed by atoms with Crippen LogP contribution in [0.25, 0.3) is 33.5 Å². The van der Waals surface area contributed by atoms with Crippen molar-refractivity contribution >= 4 is 22.5 Å². The van der Waals surface area contributed by atoms with Crippen molar-refractivity contribution in [3.05, 3.63) is 153 Å². The quantitative estimate of drug-likeness (QED) is 0.167. The summed E-state index contributed by atoms with van der Waals surface area (Å²) in [6, 6.07) is 42.1. The van der Waals surface area contributed by atoms with Crippen LogP contribution < -0.4 is 9.64 Å². The fourth-order valence-corrected chi connectivity index (χ4v) is 9.21. The number of para-hydroxylation sites is 2. The average molecular weight is 948 g/mol. The van der Waals surface area contributed by atoms with Gasteiger partial charge in [-0.1, -0.05) is 47.6 Å². The van der Waals surface area contributed by atoms with Crippen molar-refractivity contribution in [1.29, 1.82) is 0 Å². The van der Waals surface area contributed by atoms with Crippen LogP contribution in [0.15, 0.2) is 121 Å². The van der Waals surface area contributed by atoms with Gasteiger partial charge in [0.05, 0.1) is 0 Å². The first kappa shape index (κ1) is 39.8. The van der Waals surface area contributed by atoms with Gasteiger partial charge >= 0.3 is 274 Å². The number of aryl methyl sites for hydroxylation is 1. The van der Waals surface area contributed by atoms with E-state index in [2.05, 4.69) is 218 Å². The molecule has 0 bridgehead atoms. The number of anilines is 2. The molecule has 0 radical (unpaired) electrons. The van der Waals surface area contributed by atoms with E-state index in [1.807, 2.05) is 6.20 Å². The van der Waals surface area contributed by atoms with Crippen LogP contribution in [0.2, 0.25) is 0 Å². The molecule has 0 aliphatic carbocycles. The average Bonchev–Trinajstić information content (AvgIpc) is 3.47. The topological polar surface area (TPSA) is 35.2 Å². The number of hydrogen-bond acceptors (Lipinski definition) is 3. The van der Waals surface area contributed by atoms with Crippen LogP contribution in [-0.2, 0) is 42.0 Å². The molecule has 1 aliphatic rings. The first-order chi connectivity index (χ1) is 27.5. The van der Waals surface area contributed by atoms with Crippen molar-refractivity contribution in [2.75, 3.05) is 11.4 Å². The van der Waals surface area contributed by atoms with Gasteiger partial charge in [0.25, 0.3) is 0 Å². The molecule has 5 nitrogen and oxygen atoms in total. The standard InChI is InChI=1S/C52H56N4O.Pt/c1-35-24-25-53-49(27-35)54-26-14-17-44-45(36-28-38(51(5,6)7)30-39(29-36)52(8,9)10)32-43(33-48(44)54)57-42-16-13-15-41(31-42)56-34-55(46-18-11-12-19-47(46)56)40-22-20-37(21-23-40)50(2,3)4;/h11-13,15-16,18-25,27-33H,14,17,26H2,1-10H3;. The molecule has 58 heavy (non-hydrogen) atoms. The summed E-state index contributed by atoms with van der Waals surface area (Å²) in [5, 5.41) is 0. The van der Waals surface area contributed by atoms with Gasteiger partial charge in [0.2, 0.25) is 0 Å². The van der Waals surface area contributed by atoms with Crippen LogP contribution in [-0.4, -0.2) is 20.7 Å². The van der Waals surface area contributed by atoms with Gasteiger partial charge in [-0.05, 0) is 29.4 Å². The van der Waals surface area contributed by atoms with Gasteiger partial charge in [-0.25, -0.2) is 0 Å². The van der Waals surface area contributed by atoms with E-state index in [9.17, 15) is 0 Å². The van der Waals surface area contributed by atoms with Crippen molar-refractivity contribution in [3.63, 3.8) is 0 Å². The summed E-state index contributed by atoms with van der Waals surface area (Å²) in [6.45, 7) is 23.7. The molecule has 6 heteroatoms. The van der Waals surface area contributed by atoms with Crippen LogP contribution in [0.3, 0.4) is 0 Å². The summed E-state index contributed by atoms with van der Waals surface area (Å²) < 4.78 is 12.8. The predicted molar refractivity (Wildman–Crippen MR) is 238 cm³/mol. The summed E-state index contributed by atoms with van der Waals surface area (Å²) in [7, 11) is 0. The second kappa shape index (κ2) is 15.0. The predicted octanol–water partition coefficient (Wildman–Crippen LogP) is 13.6. The molecule has 300 valence electrons. The van der Waals surface area contributed by atoms with Gasteiger partial charge < -0.3 is 0 Å². The first-order valence-corrected chi connectivity index (χ1v) is 21.7. The van der Waals surface area contributed by atoms with Crippen molar-refractivity contribution in [2.45, 2.75) is 98.3 Å². The zero-order valence-corrected chi connectivity index (χ0v) is 38.0. The van der Waals surface area contributed by atoms with E-state index in [0.29, 0.717) is 0 Å². The molecule has 0 saturated heterocycles. The normalized spacial score (nSPS) is 13.6. The van der Waals surface area contributed by atoms with Gasteiger partial charge in [0.15, 0.2) is 0 Å². The molecule has 1 aliphatic heterocycles. The summed E-state index contributed by atoms with van der Waals surface area (Å²) in [5.74, 6) is 2.57. The number of hydrogen-bond donors (Lipinski definition) is 0. The molecule has 0 fully saturated rings. The molecule has 8 rings (SSSR count). The van der Waals surface area contributed by atoms with Crippen molar-refractivity contribution < 1.29 is 24.1 Å². The van der Waals surface area contributed by atoms with Crippen molar-refractivity contribution in [3.8, 4) is 34.0 Å². The Morgan fingerprint density at radius 3 is 1.86 bits per heavy atom. The molecule has 0 unspecified atom stereocenters. The van der Waals surface area contributed by atoms with Crippen LogP contribution in [0.1, 0.15) is 96.6 Å². The number of nitrogens with zero attached hydrogens (tertiary/aromatic N) is 4. The Bertz CT molecular complexity index is 2680. The van der Waals surface area contributed by atoms with Crippen molar-refractivity contribution in [2.24, 2.45) is 0 Å². The third-order valence-electron chi connectivity index (χ3n) is 11.5. The van der Waals surface area contributed by atoms with E-state index in [1.54, 1.807) is 0 Å². The molecule has 0 atom stereocenters. The van der Waals surface area contributed by atoms with E-state index in [-0.39, 0.29) is 16.2 Å². The van der Waals surface area contributed by atoms with E-state index in [4.69, 9.17) is 9.72 Å². The van der Waals surface area contributed by atoms with E-state index in [0.717, 1.165) is 68.6 Å². The number of pyridine rings is 1. The summed E-state index contributed by atoms with van der Waals surface area (Å²) in [6.07, 6.45) is 3.96. The Labute approximate surface area is 355 Å². The van der Waals surface area contributed by atoms with Crippen molar-refractivity contribution in [1.82, 2.24) is 14.1 Å². The minimum atomic E-state index is -0.00360. The molecule has 0 amide bonds. The number of fused-ring (bicyclic) bond motifs is 2. The Hall–Kier alpha value is -4.99. The zero-order valence-electron chi connectivity index (χ0n) is 35.7. The molecule has 7 aromatic rings. The van der Waals surface area contributed by atoms with Crippen LogP contribution in [0.5, 0.6) is 11.5 Å². The van der Waals surface area contributed by atoms with E-state index >= 15 is 0 Å². The van der Waals surface area contributed by atoms with Gasteiger partial charge in [-0.15, -0.1) is 0 Å². The van der Waals surface area contributed by atoms with Crippen LogP contribution in [0.4, 0.5) is 11.5 Å². The Morgan fingerprint density at radius 1 is 0.603 bits per heavy atom. The molecular weight excluding hydrogens is 892 g/mol. The monoisotopic (exact) mass is 947 g/mol. The van der Waals surface area contributed by atoms with Gasteiger partial charge in [-0.2, -0.15) is 0 Å². The summed E-state index contributed by atoms with van der Waals surface area (Å²) in [4.78, 5) is 7.25. The first-order valence-electron chi connectivity index (χ1n) is 20.6. The fourth-order valence-electron chi connectivity index (χ4n) is 8.07. The third-order valence-corrected chi connectivity index (χ3v) is 12.5. The SMILES string of the molecule is Cc1ccnc(N2CCCc3c(-c4cc(C(C)(C)C)cc(C(C)(C)C)c4)cc(Oc4cccc(-n5[c](=[Pt])n(-c6ccc(C(C)(C)C)cc6)c6ccccc65)c4)cc32)c1. The molecule has 3 heterocycles. The third kappa shape index (κ3) is 7.78.